The van der Waals surface area contributed by atoms with E-state index in [4.69, 9.17) is 4.43 Å². The van der Waals surface area contributed by atoms with E-state index in [2.05, 4.69) is 81.4 Å². The van der Waals surface area contributed by atoms with Gasteiger partial charge in [0.2, 0.25) is 0 Å². The number of rotatable bonds is 4. The number of hydrogen-bond donors (Lipinski definition) is 0. The van der Waals surface area contributed by atoms with Gasteiger partial charge in [0.1, 0.15) is 0 Å². The van der Waals surface area contributed by atoms with Gasteiger partial charge in [-0.3, -0.25) is 0 Å². The second kappa shape index (κ2) is 6.18. The normalized spacial score (nSPS) is 11.8. The van der Waals surface area contributed by atoms with Gasteiger partial charge in [0, 0.05) is 6.61 Å². The maximum absolute atomic E-state index is 6.28. The Labute approximate surface area is 118 Å². The molecule has 0 bridgehead atoms. The third-order valence-corrected chi connectivity index (χ3v) is 4.87. The second-order valence-corrected chi connectivity index (χ2v) is 8.01. The average Bonchev–Trinajstić information content (AvgIpc) is 2.40. The van der Waals surface area contributed by atoms with Gasteiger partial charge < -0.3 is 4.43 Å². The first-order valence-electron chi connectivity index (χ1n) is 6.67. The van der Waals surface area contributed by atoms with Crippen molar-refractivity contribution in [3.05, 3.63) is 60.7 Å². The zero-order valence-corrected chi connectivity index (χ0v) is 12.9. The van der Waals surface area contributed by atoms with Crippen LogP contribution in [-0.4, -0.2) is 15.6 Å². The first-order chi connectivity index (χ1) is 9.06. The molecule has 0 unspecified atom stereocenters. The van der Waals surface area contributed by atoms with Crippen molar-refractivity contribution < 1.29 is 4.43 Å². The van der Waals surface area contributed by atoms with Crippen molar-refractivity contribution in [2.45, 2.75) is 20.8 Å². The smallest absolute Gasteiger partial charge is 0.282 e. The minimum atomic E-state index is -1.13. The molecule has 19 heavy (non-hydrogen) atoms. The molecule has 0 saturated heterocycles. The summed E-state index contributed by atoms with van der Waals surface area (Å²) in [7, 11) is -1.13. The van der Waals surface area contributed by atoms with Gasteiger partial charge in [-0.2, -0.15) is 0 Å². The Morgan fingerprint density at radius 1 is 0.789 bits per heavy atom. The molecule has 0 aromatic heterocycles. The van der Waals surface area contributed by atoms with E-state index >= 15 is 0 Å². The lowest BCUT2D eigenvalue weighted by Gasteiger charge is -2.23. The van der Waals surface area contributed by atoms with Gasteiger partial charge in [0.05, 0.1) is 0 Å². The molecule has 0 aliphatic carbocycles. The van der Waals surface area contributed by atoms with Crippen LogP contribution >= 0.6 is 0 Å². The highest BCUT2D eigenvalue weighted by atomic mass is 28.3. The highest BCUT2D eigenvalue weighted by molar-refractivity contribution is 6.80. The summed E-state index contributed by atoms with van der Waals surface area (Å²) in [5, 5.41) is 2.62. The van der Waals surface area contributed by atoms with Gasteiger partial charge in [-0.25, -0.2) is 0 Å². The molecule has 99 valence electrons. The Balaban J connectivity index is 2.24. The lowest BCUT2D eigenvalue weighted by molar-refractivity contribution is 0.204. The Hall–Kier alpha value is -1.38. The molecule has 0 heterocycles. The SMILES string of the molecule is CC(C)(C)CO[Si](c1ccccc1)c1ccccc1. The maximum Gasteiger partial charge on any atom is 0.282 e. The van der Waals surface area contributed by atoms with E-state index in [-0.39, 0.29) is 5.41 Å². The largest absolute Gasteiger partial charge is 0.407 e. The second-order valence-electron chi connectivity index (χ2n) is 5.91. The molecule has 2 rings (SSSR count). The molecule has 0 atom stereocenters. The fraction of sp³-hybridized carbons (Fsp3) is 0.294. The number of benzene rings is 2. The van der Waals surface area contributed by atoms with Crippen LogP contribution in [0.1, 0.15) is 20.8 Å². The topological polar surface area (TPSA) is 9.23 Å². The molecule has 1 nitrogen and oxygen atoms in total. The molecule has 0 spiro atoms. The lowest BCUT2D eigenvalue weighted by atomic mass is 9.99. The molecular formula is C17H21OSi. The van der Waals surface area contributed by atoms with Crippen LogP contribution in [0.15, 0.2) is 60.7 Å². The predicted molar refractivity (Wildman–Crippen MR) is 83.3 cm³/mol. The molecule has 0 aliphatic heterocycles. The fourth-order valence-electron chi connectivity index (χ4n) is 1.80. The van der Waals surface area contributed by atoms with Crippen molar-refractivity contribution in [2.24, 2.45) is 5.41 Å². The molecular weight excluding hydrogens is 248 g/mol. The van der Waals surface area contributed by atoms with Crippen LogP contribution < -0.4 is 10.4 Å². The van der Waals surface area contributed by atoms with Crippen molar-refractivity contribution in [1.82, 2.24) is 0 Å². The fourth-order valence-corrected chi connectivity index (χ4v) is 4.04. The Morgan fingerprint density at radius 3 is 1.58 bits per heavy atom. The first-order valence-corrected chi connectivity index (χ1v) is 8.08. The predicted octanol–water partition coefficient (Wildman–Crippen LogP) is 2.86. The van der Waals surface area contributed by atoms with Crippen LogP contribution in [0.25, 0.3) is 0 Å². The Morgan fingerprint density at radius 2 is 1.21 bits per heavy atom. The summed E-state index contributed by atoms with van der Waals surface area (Å²) in [5.74, 6) is 0. The summed E-state index contributed by atoms with van der Waals surface area (Å²) in [6.45, 7) is 7.42. The van der Waals surface area contributed by atoms with Gasteiger partial charge in [-0.05, 0) is 15.8 Å². The molecule has 0 amide bonds. The maximum atomic E-state index is 6.28. The van der Waals surface area contributed by atoms with Crippen molar-refractivity contribution in [1.29, 1.82) is 0 Å². The summed E-state index contributed by atoms with van der Waals surface area (Å²) in [6, 6.07) is 21.1. The van der Waals surface area contributed by atoms with Gasteiger partial charge >= 0.3 is 0 Å². The van der Waals surface area contributed by atoms with E-state index < -0.39 is 9.04 Å². The highest BCUT2D eigenvalue weighted by Crippen LogP contribution is 2.13. The Kier molecular flexibility index (Phi) is 4.56. The van der Waals surface area contributed by atoms with Gasteiger partial charge in [0.25, 0.3) is 9.04 Å². The molecule has 2 aromatic rings. The molecule has 0 aliphatic rings. The zero-order chi connectivity index (χ0) is 13.7. The molecule has 2 aromatic carbocycles. The molecule has 0 N–H and O–H groups in total. The molecule has 0 saturated carbocycles. The molecule has 2 heteroatoms. The minimum absolute atomic E-state index is 0.194. The van der Waals surface area contributed by atoms with E-state index in [0.717, 1.165) is 6.61 Å². The summed E-state index contributed by atoms with van der Waals surface area (Å²) in [5.41, 5.74) is 0.194. The van der Waals surface area contributed by atoms with Crippen molar-refractivity contribution >= 4 is 19.4 Å². The average molecular weight is 269 g/mol. The quantitative estimate of drug-likeness (QED) is 0.776. The van der Waals surface area contributed by atoms with Gasteiger partial charge in [0.15, 0.2) is 0 Å². The van der Waals surface area contributed by atoms with Crippen molar-refractivity contribution in [2.75, 3.05) is 6.61 Å². The summed E-state index contributed by atoms with van der Waals surface area (Å²) in [6.07, 6.45) is 0. The van der Waals surface area contributed by atoms with Crippen LogP contribution in [0, 0.1) is 5.41 Å². The van der Waals surface area contributed by atoms with Crippen LogP contribution in [0.4, 0.5) is 0 Å². The van der Waals surface area contributed by atoms with Crippen LogP contribution in [0.5, 0.6) is 0 Å². The van der Waals surface area contributed by atoms with E-state index in [0.29, 0.717) is 0 Å². The third kappa shape index (κ3) is 4.34. The van der Waals surface area contributed by atoms with E-state index in [1.807, 2.05) is 0 Å². The van der Waals surface area contributed by atoms with E-state index in [1.165, 1.54) is 10.4 Å². The summed E-state index contributed by atoms with van der Waals surface area (Å²) >= 11 is 0. The van der Waals surface area contributed by atoms with Gasteiger partial charge in [-0.1, -0.05) is 81.4 Å². The molecule has 1 radical (unpaired) electrons. The van der Waals surface area contributed by atoms with Crippen LogP contribution in [0.3, 0.4) is 0 Å². The standard InChI is InChI=1S/C17H21OSi/c1-17(2,3)14-18-19(15-10-6-4-7-11-15)16-12-8-5-9-13-16/h4-13H,14H2,1-3H3. The third-order valence-electron chi connectivity index (χ3n) is 2.72. The van der Waals surface area contributed by atoms with Crippen molar-refractivity contribution in [3.63, 3.8) is 0 Å². The van der Waals surface area contributed by atoms with Crippen LogP contribution in [0.2, 0.25) is 0 Å². The summed E-state index contributed by atoms with van der Waals surface area (Å²) in [4.78, 5) is 0. The van der Waals surface area contributed by atoms with E-state index in [1.54, 1.807) is 0 Å². The highest BCUT2D eigenvalue weighted by Gasteiger charge is 2.21. The first kappa shape index (κ1) is 14.0. The summed E-state index contributed by atoms with van der Waals surface area (Å²) < 4.78 is 6.28. The van der Waals surface area contributed by atoms with Crippen LogP contribution in [-0.2, 0) is 4.43 Å². The minimum Gasteiger partial charge on any atom is -0.407 e. The van der Waals surface area contributed by atoms with Crippen molar-refractivity contribution in [3.8, 4) is 0 Å². The monoisotopic (exact) mass is 269 g/mol. The Bertz CT molecular complexity index is 448. The lowest BCUT2D eigenvalue weighted by Crippen LogP contribution is -2.46. The zero-order valence-electron chi connectivity index (χ0n) is 11.9. The van der Waals surface area contributed by atoms with E-state index in [9.17, 15) is 0 Å². The molecule has 0 fully saturated rings. The number of hydrogen-bond acceptors (Lipinski definition) is 1. The van der Waals surface area contributed by atoms with Gasteiger partial charge in [-0.15, -0.1) is 0 Å².